The standard InChI is InChI=1S/C12H16N4O/c1-7-10-11(13)14-2-3-16(10)12(15-7)9-4-8(5-9)6-17/h2-3,8-9,17H,4-6H2,1H3,(H2,13,14). The molecule has 2 aromatic heterocycles. The van der Waals surface area contributed by atoms with Gasteiger partial charge in [0.2, 0.25) is 0 Å². The smallest absolute Gasteiger partial charge is 0.149 e. The van der Waals surface area contributed by atoms with E-state index in [0.717, 1.165) is 29.9 Å². The van der Waals surface area contributed by atoms with Crippen molar-refractivity contribution in [2.45, 2.75) is 25.7 Å². The van der Waals surface area contributed by atoms with E-state index in [1.807, 2.05) is 17.5 Å². The quantitative estimate of drug-likeness (QED) is 0.813. The van der Waals surface area contributed by atoms with Crippen LogP contribution in [0.3, 0.4) is 0 Å². The van der Waals surface area contributed by atoms with Gasteiger partial charge in [-0.15, -0.1) is 0 Å². The van der Waals surface area contributed by atoms with E-state index in [4.69, 9.17) is 10.8 Å². The maximum Gasteiger partial charge on any atom is 0.149 e. The Kier molecular flexibility index (Phi) is 2.29. The molecule has 5 nitrogen and oxygen atoms in total. The van der Waals surface area contributed by atoms with Crippen LogP contribution in [0.5, 0.6) is 0 Å². The predicted octanol–water partition coefficient (Wildman–Crippen LogP) is 1.11. The van der Waals surface area contributed by atoms with Crippen molar-refractivity contribution in [2.75, 3.05) is 12.3 Å². The van der Waals surface area contributed by atoms with Crippen LogP contribution >= 0.6 is 0 Å². The minimum absolute atomic E-state index is 0.280. The Balaban J connectivity index is 2.04. The number of nitrogens with zero attached hydrogens (tertiary/aromatic N) is 3. The molecular weight excluding hydrogens is 216 g/mol. The molecule has 0 unspecified atom stereocenters. The summed E-state index contributed by atoms with van der Waals surface area (Å²) in [5, 5.41) is 9.06. The molecular formula is C12H16N4O. The Labute approximate surface area is 99.3 Å². The fourth-order valence-electron chi connectivity index (χ4n) is 2.65. The van der Waals surface area contributed by atoms with E-state index in [0.29, 0.717) is 17.7 Å². The first-order valence-electron chi connectivity index (χ1n) is 5.90. The molecule has 0 aliphatic heterocycles. The number of fused-ring (bicyclic) bond motifs is 1. The molecule has 0 atom stereocenters. The Bertz CT molecular complexity index is 557. The maximum absolute atomic E-state index is 9.06. The van der Waals surface area contributed by atoms with E-state index in [2.05, 4.69) is 9.97 Å². The first-order chi connectivity index (χ1) is 8.20. The normalized spacial score (nSPS) is 23.9. The number of aliphatic hydroxyl groups is 1. The van der Waals surface area contributed by atoms with E-state index in [9.17, 15) is 0 Å². The lowest BCUT2D eigenvalue weighted by Gasteiger charge is -2.32. The number of aryl methyl sites for hydroxylation is 1. The number of anilines is 1. The number of aromatic nitrogens is 3. The highest BCUT2D eigenvalue weighted by Crippen LogP contribution is 2.41. The van der Waals surface area contributed by atoms with Crippen LogP contribution in [-0.4, -0.2) is 26.1 Å². The van der Waals surface area contributed by atoms with Gasteiger partial charge in [-0.2, -0.15) is 0 Å². The molecule has 0 spiro atoms. The van der Waals surface area contributed by atoms with Crippen molar-refractivity contribution < 1.29 is 5.11 Å². The van der Waals surface area contributed by atoms with Gasteiger partial charge in [0.1, 0.15) is 17.2 Å². The van der Waals surface area contributed by atoms with Gasteiger partial charge in [-0.3, -0.25) is 4.40 Å². The lowest BCUT2D eigenvalue weighted by Crippen LogP contribution is -2.26. The summed E-state index contributed by atoms with van der Waals surface area (Å²) in [6.07, 6.45) is 5.64. The van der Waals surface area contributed by atoms with Crippen molar-refractivity contribution in [1.29, 1.82) is 0 Å². The lowest BCUT2D eigenvalue weighted by molar-refractivity contribution is 0.138. The molecule has 5 heteroatoms. The number of nitrogen functional groups attached to an aromatic ring is 1. The minimum atomic E-state index is 0.280. The monoisotopic (exact) mass is 232 g/mol. The molecule has 90 valence electrons. The Morgan fingerprint density at radius 3 is 3.00 bits per heavy atom. The second-order valence-electron chi connectivity index (χ2n) is 4.80. The lowest BCUT2D eigenvalue weighted by atomic mass is 9.75. The second kappa shape index (κ2) is 3.70. The summed E-state index contributed by atoms with van der Waals surface area (Å²) in [6, 6.07) is 0. The highest BCUT2D eigenvalue weighted by Gasteiger charge is 2.33. The van der Waals surface area contributed by atoms with E-state index < -0.39 is 0 Å². The molecule has 3 rings (SSSR count). The number of aliphatic hydroxyl groups excluding tert-OH is 1. The number of imidazole rings is 1. The second-order valence-corrected chi connectivity index (χ2v) is 4.80. The summed E-state index contributed by atoms with van der Waals surface area (Å²) in [7, 11) is 0. The summed E-state index contributed by atoms with van der Waals surface area (Å²) < 4.78 is 2.04. The molecule has 1 fully saturated rings. The highest BCUT2D eigenvalue weighted by atomic mass is 16.3. The van der Waals surface area contributed by atoms with Crippen molar-refractivity contribution in [3.8, 4) is 0 Å². The topological polar surface area (TPSA) is 76.4 Å². The summed E-state index contributed by atoms with van der Waals surface area (Å²) in [5.41, 5.74) is 7.71. The van der Waals surface area contributed by atoms with Crippen LogP contribution in [0.25, 0.3) is 5.52 Å². The molecule has 17 heavy (non-hydrogen) atoms. The Morgan fingerprint density at radius 2 is 2.29 bits per heavy atom. The van der Waals surface area contributed by atoms with Gasteiger partial charge in [-0.1, -0.05) is 0 Å². The number of nitrogens with two attached hydrogens (primary N) is 1. The molecule has 2 aromatic rings. The van der Waals surface area contributed by atoms with Gasteiger partial charge in [0.15, 0.2) is 0 Å². The van der Waals surface area contributed by atoms with Crippen LogP contribution in [0.4, 0.5) is 5.82 Å². The van der Waals surface area contributed by atoms with Crippen molar-refractivity contribution in [1.82, 2.24) is 14.4 Å². The third kappa shape index (κ3) is 1.50. The molecule has 0 bridgehead atoms. The molecule has 3 N–H and O–H groups in total. The van der Waals surface area contributed by atoms with Crippen LogP contribution < -0.4 is 5.73 Å². The van der Waals surface area contributed by atoms with Gasteiger partial charge in [-0.05, 0) is 25.7 Å². The average molecular weight is 232 g/mol. The zero-order valence-electron chi connectivity index (χ0n) is 9.80. The third-order valence-electron chi connectivity index (χ3n) is 3.64. The first-order valence-corrected chi connectivity index (χ1v) is 5.90. The van der Waals surface area contributed by atoms with Crippen molar-refractivity contribution in [2.24, 2.45) is 5.92 Å². The van der Waals surface area contributed by atoms with Crippen molar-refractivity contribution >= 4 is 11.3 Å². The van der Waals surface area contributed by atoms with E-state index in [-0.39, 0.29) is 6.61 Å². The molecule has 1 saturated carbocycles. The molecule has 1 aliphatic rings. The van der Waals surface area contributed by atoms with Gasteiger partial charge >= 0.3 is 0 Å². The van der Waals surface area contributed by atoms with Gasteiger partial charge in [0.05, 0.1) is 5.69 Å². The fourth-order valence-corrected chi connectivity index (χ4v) is 2.65. The molecule has 0 saturated heterocycles. The van der Waals surface area contributed by atoms with Crippen molar-refractivity contribution in [3.05, 3.63) is 23.9 Å². The minimum Gasteiger partial charge on any atom is -0.396 e. The summed E-state index contributed by atoms with van der Waals surface area (Å²) >= 11 is 0. The maximum atomic E-state index is 9.06. The van der Waals surface area contributed by atoms with Crippen LogP contribution in [0.2, 0.25) is 0 Å². The Hall–Kier alpha value is -1.62. The average Bonchev–Trinajstić information content (AvgIpc) is 2.56. The summed E-state index contributed by atoms with van der Waals surface area (Å²) in [4.78, 5) is 8.70. The molecule has 2 heterocycles. The SMILES string of the molecule is Cc1nc(C2CC(CO)C2)n2ccnc(N)c12. The van der Waals surface area contributed by atoms with Gasteiger partial charge in [0.25, 0.3) is 0 Å². The number of rotatable bonds is 2. The largest absolute Gasteiger partial charge is 0.396 e. The Morgan fingerprint density at radius 1 is 1.53 bits per heavy atom. The van der Waals surface area contributed by atoms with Gasteiger partial charge < -0.3 is 10.8 Å². The summed E-state index contributed by atoms with van der Waals surface area (Å²) in [5.74, 6) is 2.46. The van der Waals surface area contributed by atoms with E-state index in [1.54, 1.807) is 6.20 Å². The predicted molar refractivity (Wildman–Crippen MR) is 64.7 cm³/mol. The third-order valence-corrected chi connectivity index (χ3v) is 3.64. The zero-order chi connectivity index (χ0) is 12.0. The number of hydrogen-bond acceptors (Lipinski definition) is 4. The van der Waals surface area contributed by atoms with Crippen LogP contribution in [0.1, 0.15) is 30.3 Å². The molecule has 0 radical (unpaired) electrons. The van der Waals surface area contributed by atoms with Gasteiger partial charge in [0, 0.05) is 24.9 Å². The fraction of sp³-hybridized carbons (Fsp3) is 0.500. The van der Waals surface area contributed by atoms with Gasteiger partial charge in [-0.25, -0.2) is 9.97 Å². The highest BCUT2D eigenvalue weighted by molar-refractivity contribution is 5.68. The van der Waals surface area contributed by atoms with Crippen LogP contribution in [-0.2, 0) is 0 Å². The van der Waals surface area contributed by atoms with Crippen LogP contribution in [0.15, 0.2) is 12.4 Å². The van der Waals surface area contributed by atoms with Crippen LogP contribution in [0, 0.1) is 12.8 Å². The molecule has 1 aliphatic carbocycles. The first kappa shape index (κ1) is 10.5. The molecule has 0 amide bonds. The van der Waals surface area contributed by atoms with Crippen molar-refractivity contribution in [3.63, 3.8) is 0 Å². The van der Waals surface area contributed by atoms with E-state index in [1.165, 1.54) is 0 Å². The number of hydrogen-bond donors (Lipinski definition) is 2. The van der Waals surface area contributed by atoms with E-state index >= 15 is 0 Å². The summed E-state index contributed by atoms with van der Waals surface area (Å²) in [6.45, 7) is 2.24. The zero-order valence-corrected chi connectivity index (χ0v) is 9.80. The molecule has 0 aromatic carbocycles.